The zero-order valence-corrected chi connectivity index (χ0v) is 44.2. The van der Waals surface area contributed by atoms with Crippen molar-refractivity contribution in [1.29, 1.82) is 0 Å². The Morgan fingerprint density at radius 2 is 1.37 bits per heavy atom. The first-order chi connectivity index (χ1) is 39.5. The molecule has 82 heavy (non-hydrogen) atoms. The number of carboxylic acid groups (broad SMARTS) is 1. The number of aliphatic hydroxyl groups is 1. The normalized spacial score (nSPS) is 14.6. The summed E-state index contributed by atoms with van der Waals surface area (Å²) in [6, 6.07) is 31.6. The van der Waals surface area contributed by atoms with Gasteiger partial charge in [-0.05, 0) is 110 Å². The van der Waals surface area contributed by atoms with Gasteiger partial charge in [-0.1, -0.05) is 41.2 Å². The lowest BCUT2D eigenvalue weighted by atomic mass is 10.1. The number of aromatic nitrogens is 3. The molecule has 10 N–H and O–H groups in total. The van der Waals surface area contributed by atoms with Gasteiger partial charge in [-0.15, -0.1) is 5.10 Å². The number of thioether (sulfide) groups is 1. The third-order valence-corrected chi connectivity index (χ3v) is 12.6. The summed E-state index contributed by atoms with van der Waals surface area (Å²) in [5.41, 5.74) is 5.21. The van der Waals surface area contributed by atoms with E-state index in [2.05, 4.69) is 62.5 Å². The van der Waals surface area contributed by atoms with E-state index in [1.54, 1.807) is 72.4 Å². The number of phenols is 1. The van der Waals surface area contributed by atoms with E-state index in [1.807, 2.05) is 42.5 Å². The summed E-state index contributed by atoms with van der Waals surface area (Å²) in [7, 11) is 0. The van der Waals surface area contributed by atoms with Gasteiger partial charge in [0.25, 0.3) is 5.91 Å². The number of para-hydroxylation sites is 1. The summed E-state index contributed by atoms with van der Waals surface area (Å²) in [5.74, 6) is -2.53. The standard InChI is InChI=1S/C53H51N13O8S.C2HF3O2/c1-2-73-51(70)45-46(68)44(75-50(45)59-36-6-4-3-5-7-36)27-32-8-17-43(42(67)26-32)74-25-24-66-31-39(64-65-66)18-19-58-49(69)35-28-40(62-52(71)60-37-13-9-33(10-14-37)47-54-20-21-55-47)30-41(29-35)63-53(72)61-38-15-11-34(12-16-38)48-56-22-23-57-48;3-2(4,5)1(6)7/h3-17,26-31,67-68H,2,18-25H2,1H3,(H,54,55)(H,56,57)(H,58,69)(H2,60,62,71)(H2,61,63,72);(H,6,7)/b44-27-,59-50?;. The van der Waals surface area contributed by atoms with Crippen LogP contribution in [0.5, 0.6) is 11.5 Å². The van der Waals surface area contributed by atoms with Crippen LogP contribution in [0.2, 0.25) is 0 Å². The molecule has 0 spiro atoms. The number of urea groups is 2. The molecule has 4 heterocycles. The van der Waals surface area contributed by atoms with Crippen LogP contribution in [0.3, 0.4) is 0 Å². The zero-order valence-electron chi connectivity index (χ0n) is 43.4. The number of esters is 1. The highest BCUT2D eigenvalue weighted by atomic mass is 32.2. The molecule has 3 aliphatic heterocycles. The molecule has 3 aliphatic rings. The predicted molar refractivity (Wildman–Crippen MR) is 302 cm³/mol. The van der Waals surface area contributed by atoms with Gasteiger partial charge >= 0.3 is 30.2 Å². The maximum absolute atomic E-state index is 13.6. The fraction of sp³-hybridized carbons (Fsp3) is 0.200. The van der Waals surface area contributed by atoms with Crippen LogP contribution in [-0.4, -0.2) is 129 Å². The van der Waals surface area contributed by atoms with Crippen molar-refractivity contribution in [2.45, 2.75) is 26.1 Å². The number of amidine groups is 2. The van der Waals surface area contributed by atoms with Gasteiger partial charge in [-0.25, -0.2) is 28.9 Å². The number of phenolic OH excluding ortho intramolecular Hbond substituents is 1. The van der Waals surface area contributed by atoms with E-state index in [9.17, 15) is 42.6 Å². The summed E-state index contributed by atoms with van der Waals surface area (Å²) in [5, 5.41) is 58.2. The van der Waals surface area contributed by atoms with Crippen LogP contribution in [-0.2, 0) is 27.3 Å². The Hall–Kier alpha value is -10.2. The molecule has 6 aromatic rings. The lowest BCUT2D eigenvalue weighted by Gasteiger charge is -2.14. The molecule has 0 saturated heterocycles. The Bertz CT molecular complexity index is 3400. The first-order valence-electron chi connectivity index (χ1n) is 25.1. The lowest BCUT2D eigenvalue weighted by Crippen LogP contribution is -2.27. The average Bonchev–Trinajstić information content (AvgIpc) is 4.38. The number of carbonyl (C=O) groups excluding carboxylic acids is 4. The van der Waals surface area contributed by atoms with E-state index in [4.69, 9.17) is 19.4 Å². The number of benzene rings is 5. The molecule has 5 amide bonds. The summed E-state index contributed by atoms with van der Waals surface area (Å²) >= 11 is 1.11. The van der Waals surface area contributed by atoms with Crippen LogP contribution >= 0.6 is 11.8 Å². The van der Waals surface area contributed by atoms with Crippen LogP contribution < -0.4 is 42.0 Å². The van der Waals surface area contributed by atoms with Gasteiger partial charge < -0.3 is 62.0 Å². The van der Waals surface area contributed by atoms with Crippen LogP contribution in [0.4, 0.5) is 51.2 Å². The number of anilines is 4. The SMILES string of the molecule is CCOC(=O)C1=C(O)/C(=C/c2ccc(OCCn3cc(CCNC(=O)c4cc(NC(=O)Nc5ccc(C6=NCCN6)cc5)cc(NC(=O)Nc5ccc(C6=NCCN6)cc5)c4)nn3)c(O)c2)SC1=Nc1ccccc1.O=C(O)C(F)(F)F. The topological polar surface area (TPSA) is 316 Å². The van der Waals surface area contributed by atoms with Crippen LogP contribution in [0, 0.1) is 0 Å². The number of aliphatic imine (C=N–C) groups is 3. The first kappa shape index (κ1) is 58.0. The Morgan fingerprint density at radius 3 is 1.90 bits per heavy atom. The van der Waals surface area contributed by atoms with Crippen molar-refractivity contribution < 1.29 is 61.9 Å². The maximum atomic E-state index is 13.6. The Labute approximate surface area is 469 Å². The second-order valence-corrected chi connectivity index (χ2v) is 18.6. The highest BCUT2D eigenvalue weighted by Crippen LogP contribution is 2.41. The minimum Gasteiger partial charge on any atom is -0.506 e. The van der Waals surface area contributed by atoms with Gasteiger partial charge in [0.2, 0.25) is 0 Å². The summed E-state index contributed by atoms with van der Waals surface area (Å²) in [6.07, 6.45) is -1.41. The number of amides is 5. The number of nitrogens with zero attached hydrogens (tertiary/aromatic N) is 6. The van der Waals surface area contributed by atoms with E-state index >= 15 is 0 Å². The van der Waals surface area contributed by atoms with Crippen molar-refractivity contribution in [2.24, 2.45) is 15.0 Å². The van der Waals surface area contributed by atoms with Crippen molar-refractivity contribution >= 4 is 92.9 Å². The average molecular weight is 1140 g/mol. The summed E-state index contributed by atoms with van der Waals surface area (Å²) in [6.45, 7) is 5.35. The molecule has 0 unspecified atom stereocenters. The van der Waals surface area contributed by atoms with E-state index < -0.39 is 36.1 Å². The number of aliphatic carboxylic acids is 1. The van der Waals surface area contributed by atoms with E-state index in [0.29, 0.717) is 52.7 Å². The van der Waals surface area contributed by atoms with Gasteiger partial charge in [0.1, 0.15) is 34.7 Å². The highest BCUT2D eigenvalue weighted by molar-refractivity contribution is 8.18. The Kier molecular flexibility index (Phi) is 19.2. The van der Waals surface area contributed by atoms with Gasteiger partial charge in [-0.2, -0.15) is 13.2 Å². The van der Waals surface area contributed by atoms with E-state index in [-0.39, 0.29) is 71.1 Å². The lowest BCUT2D eigenvalue weighted by molar-refractivity contribution is -0.192. The molecule has 5 aromatic carbocycles. The molecule has 0 bridgehead atoms. The first-order valence-corrected chi connectivity index (χ1v) is 26.0. The zero-order chi connectivity index (χ0) is 58.2. The number of alkyl halides is 3. The third kappa shape index (κ3) is 16.2. The molecule has 23 nitrogen and oxygen atoms in total. The van der Waals surface area contributed by atoms with Gasteiger partial charge in [0.05, 0.1) is 42.5 Å². The second kappa shape index (κ2) is 27.1. The maximum Gasteiger partial charge on any atom is 0.490 e. The molecule has 27 heteroatoms. The molecule has 424 valence electrons. The number of aliphatic hydroxyl groups excluding tert-OH is 1. The van der Waals surface area contributed by atoms with Gasteiger partial charge in [0.15, 0.2) is 11.5 Å². The quantitative estimate of drug-likeness (QED) is 0.0366. The molecule has 0 fully saturated rings. The van der Waals surface area contributed by atoms with Crippen LogP contribution in [0.25, 0.3) is 6.08 Å². The minimum absolute atomic E-state index is 0.0365. The number of hydrogen-bond acceptors (Lipinski definition) is 17. The molecule has 0 aliphatic carbocycles. The molecule has 0 saturated carbocycles. The Morgan fingerprint density at radius 1 is 0.780 bits per heavy atom. The monoisotopic (exact) mass is 1140 g/mol. The van der Waals surface area contributed by atoms with Crippen LogP contribution in [0.1, 0.15) is 39.7 Å². The number of hydrogen-bond donors (Lipinski definition) is 10. The smallest absolute Gasteiger partial charge is 0.490 e. The largest absolute Gasteiger partial charge is 0.506 e. The number of rotatable bonds is 18. The van der Waals surface area contributed by atoms with E-state index in [1.165, 1.54) is 24.3 Å². The van der Waals surface area contributed by atoms with Crippen molar-refractivity contribution in [3.63, 3.8) is 0 Å². The van der Waals surface area contributed by atoms with Crippen molar-refractivity contribution in [3.8, 4) is 11.5 Å². The molecular weight excluding hydrogens is 1090 g/mol. The van der Waals surface area contributed by atoms with Crippen molar-refractivity contribution in [3.05, 3.63) is 166 Å². The Balaban J connectivity index is 0.00000118. The molecular formula is C55H52F3N13O10S. The number of halogens is 3. The summed E-state index contributed by atoms with van der Waals surface area (Å²) in [4.78, 5) is 75.5. The van der Waals surface area contributed by atoms with Gasteiger partial charge in [-0.3, -0.25) is 14.8 Å². The van der Waals surface area contributed by atoms with Crippen molar-refractivity contribution in [2.75, 3.05) is 67.2 Å². The molecule has 0 atom stereocenters. The number of nitrogens with one attached hydrogen (secondary N) is 7. The van der Waals surface area contributed by atoms with Gasteiger partial charge in [0, 0.05) is 71.7 Å². The third-order valence-electron chi connectivity index (χ3n) is 11.6. The van der Waals surface area contributed by atoms with E-state index in [0.717, 1.165) is 47.6 Å². The fourth-order valence-corrected chi connectivity index (χ4v) is 8.86. The minimum atomic E-state index is -5.08. The summed E-state index contributed by atoms with van der Waals surface area (Å²) < 4.78 is 44.4. The highest BCUT2D eigenvalue weighted by Gasteiger charge is 2.38. The molecule has 1 aromatic heterocycles. The number of carbonyl (C=O) groups is 5. The van der Waals surface area contributed by atoms with Crippen molar-refractivity contribution in [1.82, 2.24) is 30.9 Å². The van der Waals surface area contributed by atoms with Crippen LogP contribution in [0.15, 0.2) is 153 Å². The predicted octanol–water partition coefficient (Wildman–Crippen LogP) is 7.85. The number of ether oxygens (including phenoxy) is 2. The fourth-order valence-electron chi connectivity index (χ4n) is 7.82. The second-order valence-electron chi connectivity index (χ2n) is 17.6. The number of carboxylic acids is 1. The molecule has 0 radical (unpaired) electrons. The molecule has 9 rings (SSSR count). The number of aromatic hydroxyl groups is 1.